The molecule has 0 aliphatic carbocycles. The minimum absolute atomic E-state index is 0.0502. The van der Waals surface area contributed by atoms with Crippen LogP contribution in [0.2, 0.25) is 5.02 Å². The SMILES string of the molecule is C[C@H](OC(=O)c1cccc(N(C)C)c1)C(=O)Nc1cc(S(=O)(=O)N2CCCCC2)ccc1Cl. The van der Waals surface area contributed by atoms with Gasteiger partial charge in [0.2, 0.25) is 10.0 Å². The van der Waals surface area contributed by atoms with Crippen molar-refractivity contribution < 1.29 is 22.7 Å². The van der Waals surface area contributed by atoms with Crippen LogP contribution in [-0.4, -0.2) is 57.9 Å². The van der Waals surface area contributed by atoms with Gasteiger partial charge in [-0.05, 0) is 56.2 Å². The molecule has 0 aromatic heterocycles. The average molecular weight is 494 g/mol. The number of amides is 1. The van der Waals surface area contributed by atoms with Gasteiger partial charge in [0.25, 0.3) is 5.91 Å². The van der Waals surface area contributed by atoms with Crippen LogP contribution < -0.4 is 10.2 Å². The zero-order valence-corrected chi connectivity index (χ0v) is 20.4. The first-order chi connectivity index (χ1) is 15.6. The minimum atomic E-state index is -3.69. The number of nitrogens with zero attached hydrogens (tertiary/aromatic N) is 2. The molecule has 2 aromatic rings. The van der Waals surface area contributed by atoms with Crippen LogP contribution in [0.4, 0.5) is 11.4 Å². The topological polar surface area (TPSA) is 96.0 Å². The van der Waals surface area contributed by atoms with Gasteiger partial charge in [0.15, 0.2) is 6.10 Å². The van der Waals surface area contributed by atoms with Crippen molar-refractivity contribution in [3.05, 3.63) is 53.1 Å². The van der Waals surface area contributed by atoms with E-state index in [1.54, 1.807) is 18.2 Å². The summed E-state index contributed by atoms with van der Waals surface area (Å²) in [6, 6.07) is 11.0. The smallest absolute Gasteiger partial charge is 0.338 e. The third kappa shape index (κ3) is 6.04. The van der Waals surface area contributed by atoms with E-state index in [-0.39, 0.29) is 15.6 Å². The molecule has 0 unspecified atom stereocenters. The van der Waals surface area contributed by atoms with E-state index in [2.05, 4.69) is 5.32 Å². The predicted octanol–water partition coefficient (Wildman–Crippen LogP) is 3.76. The third-order valence-electron chi connectivity index (χ3n) is 5.40. The summed E-state index contributed by atoms with van der Waals surface area (Å²) in [5, 5.41) is 2.75. The van der Waals surface area contributed by atoms with E-state index < -0.39 is 28.0 Å². The summed E-state index contributed by atoms with van der Waals surface area (Å²) >= 11 is 6.19. The molecule has 3 rings (SSSR count). The number of esters is 1. The maximum absolute atomic E-state index is 12.9. The van der Waals surface area contributed by atoms with Crippen LogP contribution in [0.3, 0.4) is 0 Å². The van der Waals surface area contributed by atoms with Gasteiger partial charge in [0, 0.05) is 32.9 Å². The quantitative estimate of drug-likeness (QED) is 0.590. The van der Waals surface area contributed by atoms with Gasteiger partial charge in [-0.25, -0.2) is 13.2 Å². The van der Waals surface area contributed by atoms with Gasteiger partial charge in [-0.1, -0.05) is 24.1 Å². The third-order valence-corrected chi connectivity index (χ3v) is 7.62. The van der Waals surface area contributed by atoms with Crippen LogP contribution >= 0.6 is 11.6 Å². The summed E-state index contributed by atoms with van der Waals surface area (Å²) in [5.41, 5.74) is 1.27. The Morgan fingerprint density at radius 3 is 2.45 bits per heavy atom. The Morgan fingerprint density at radius 2 is 1.79 bits per heavy atom. The summed E-state index contributed by atoms with van der Waals surface area (Å²) in [7, 11) is 0.0126. The van der Waals surface area contributed by atoms with Crippen LogP contribution in [0.25, 0.3) is 0 Å². The highest BCUT2D eigenvalue weighted by Crippen LogP contribution is 2.28. The summed E-state index contributed by atoms with van der Waals surface area (Å²) in [6.07, 6.45) is 1.51. The Hall–Kier alpha value is -2.62. The lowest BCUT2D eigenvalue weighted by Crippen LogP contribution is -2.35. The van der Waals surface area contributed by atoms with E-state index in [1.165, 1.54) is 29.4 Å². The number of halogens is 1. The minimum Gasteiger partial charge on any atom is -0.449 e. The number of rotatable bonds is 7. The van der Waals surface area contributed by atoms with E-state index in [1.807, 2.05) is 25.1 Å². The van der Waals surface area contributed by atoms with Crippen molar-refractivity contribution in [3.63, 3.8) is 0 Å². The van der Waals surface area contributed by atoms with Crippen LogP contribution in [0.5, 0.6) is 0 Å². The first-order valence-corrected chi connectivity index (χ1v) is 12.5. The maximum Gasteiger partial charge on any atom is 0.338 e. The molecule has 1 aliphatic heterocycles. The monoisotopic (exact) mass is 493 g/mol. The van der Waals surface area contributed by atoms with Crippen molar-refractivity contribution in [1.82, 2.24) is 4.31 Å². The van der Waals surface area contributed by atoms with Gasteiger partial charge in [0.1, 0.15) is 0 Å². The molecule has 1 atom stereocenters. The number of piperidine rings is 1. The van der Waals surface area contributed by atoms with Crippen molar-refractivity contribution >= 4 is 44.9 Å². The highest BCUT2D eigenvalue weighted by atomic mass is 35.5. The Labute approximate surface area is 199 Å². The summed E-state index contributed by atoms with van der Waals surface area (Å²) < 4.78 is 32.6. The Morgan fingerprint density at radius 1 is 1.09 bits per heavy atom. The molecule has 1 amide bonds. The Balaban J connectivity index is 1.71. The first-order valence-electron chi connectivity index (χ1n) is 10.7. The molecular weight excluding hydrogens is 466 g/mol. The number of carbonyl (C=O) groups is 2. The highest BCUT2D eigenvalue weighted by Gasteiger charge is 2.27. The maximum atomic E-state index is 12.9. The molecule has 1 aliphatic rings. The molecule has 33 heavy (non-hydrogen) atoms. The number of ether oxygens (including phenoxy) is 1. The molecule has 0 radical (unpaired) electrons. The van der Waals surface area contributed by atoms with Gasteiger partial charge in [-0.3, -0.25) is 4.79 Å². The molecular formula is C23H28ClN3O5S. The lowest BCUT2D eigenvalue weighted by molar-refractivity contribution is -0.123. The molecule has 2 aromatic carbocycles. The zero-order valence-electron chi connectivity index (χ0n) is 18.9. The van der Waals surface area contributed by atoms with E-state index in [9.17, 15) is 18.0 Å². The zero-order chi connectivity index (χ0) is 24.2. The molecule has 178 valence electrons. The summed E-state index contributed by atoms with van der Waals surface area (Å²) in [4.78, 5) is 27.0. The van der Waals surface area contributed by atoms with Crippen LogP contribution in [0, 0.1) is 0 Å². The molecule has 0 saturated carbocycles. The standard InChI is InChI=1S/C23H28ClN3O5S/c1-16(32-23(29)17-8-7-9-18(14-17)26(2)3)22(28)25-21-15-19(10-11-20(21)24)33(30,31)27-12-5-4-6-13-27/h7-11,14-16H,4-6,12-13H2,1-3H3,(H,25,28)/t16-/m0/s1. The molecule has 10 heteroatoms. The lowest BCUT2D eigenvalue weighted by atomic mass is 10.2. The number of benzene rings is 2. The van der Waals surface area contributed by atoms with Gasteiger partial charge in [-0.15, -0.1) is 0 Å². The first kappa shape index (κ1) is 25.0. The number of hydrogen-bond donors (Lipinski definition) is 1. The van der Waals surface area contributed by atoms with E-state index >= 15 is 0 Å². The lowest BCUT2D eigenvalue weighted by Gasteiger charge is -2.26. The van der Waals surface area contributed by atoms with Crippen LogP contribution in [0.15, 0.2) is 47.4 Å². The highest BCUT2D eigenvalue weighted by molar-refractivity contribution is 7.89. The van der Waals surface area contributed by atoms with Crippen molar-refractivity contribution in [2.75, 3.05) is 37.4 Å². The van der Waals surface area contributed by atoms with Crippen LogP contribution in [-0.2, 0) is 19.6 Å². The number of anilines is 2. The predicted molar refractivity (Wildman–Crippen MR) is 128 cm³/mol. The van der Waals surface area contributed by atoms with Crippen molar-refractivity contribution in [1.29, 1.82) is 0 Å². The fourth-order valence-corrected chi connectivity index (χ4v) is 5.15. The average Bonchev–Trinajstić information content (AvgIpc) is 2.80. The van der Waals surface area contributed by atoms with Crippen LogP contribution in [0.1, 0.15) is 36.5 Å². The summed E-state index contributed by atoms with van der Waals surface area (Å²) in [5.74, 6) is -1.27. The normalized spacial score (nSPS) is 15.5. The number of nitrogens with one attached hydrogen (secondary N) is 1. The van der Waals surface area contributed by atoms with E-state index in [0.29, 0.717) is 18.7 Å². The fourth-order valence-electron chi connectivity index (χ4n) is 3.44. The van der Waals surface area contributed by atoms with Gasteiger partial charge in [0.05, 0.1) is 21.2 Å². The number of carbonyl (C=O) groups excluding carboxylic acids is 2. The molecule has 1 heterocycles. The second-order valence-electron chi connectivity index (χ2n) is 8.09. The van der Waals surface area contributed by atoms with Gasteiger partial charge in [-0.2, -0.15) is 4.31 Å². The molecule has 1 fully saturated rings. The van der Waals surface area contributed by atoms with Crippen molar-refractivity contribution in [2.24, 2.45) is 0 Å². The molecule has 8 nitrogen and oxygen atoms in total. The molecule has 0 bridgehead atoms. The fraction of sp³-hybridized carbons (Fsp3) is 0.391. The molecule has 0 spiro atoms. The second kappa shape index (κ2) is 10.5. The largest absolute Gasteiger partial charge is 0.449 e. The van der Waals surface area contributed by atoms with Crippen molar-refractivity contribution in [3.8, 4) is 0 Å². The van der Waals surface area contributed by atoms with Gasteiger partial charge >= 0.3 is 5.97 Å². The van der Waals surface area contributed by atoms with Crippen molar-refractivity contribution in [2.45, 2.75) is 37.2 Å². The Bertz CT molecular complexity index is 1130. The number of sulfonamides is 1. The second-order valence-corrected chi connectivity index (χ2v) is 10.4. The molecule has 1 saturated heterocycles. The van der Waals surface area contributed by atoms with E-state index in [4.69, 9.17) is 16.3 Å². The van der Waals surface area contributed by atoms with E-state index in [0.717, 1.165) is 24.9 Å². The van der Waals surface area contributed by atoms with Gasteiger partial charge < -0.3 is 15.0 Å². The summed E-state index contributed by atoms with van der Waals surface area (Å²) in [6.45, 7) is 2.37. The number of hydrogen-bond acceptors (Lipinski definition) is 6. The Kier molecular flexibility index (Phi) is 7.99. The molecule has 1 N–H and O–H groups in total.